The molecule has 1 saturated carbocycles. The monoisotopic (exact) mass is 358 g/mol. The van der Waals surface area contributed by atoms with E-state index in [1.54, 1.807) is 18.2 Å². The summed E-state index contributed by atoms with van der Waals surface area (Å²) >= 11 is 3.25. The van der Waals surface area contributed by atoms with Gasteiger partial charge in [0.25, 0.3) is 0 Å². The van der Waals surface area contributed by atoms with Crippen LogP contribution in [-0.4, -0.2) is 27.4 Å². The summed E-state index contributed by atoms with van der Waals surface area (Å²) < 4.78 is 32.3. The third kappa shape index (κ3) is 4.78. The second-order valence-corrected chi connectivity index (χ2v) is 7.50. The maximum atomic E-state index is 11.9. The van der Waals surface area contributed by atoms with Gasteiger partial charge in [0.05, 0.1) is 23.6 Å². The number of rotatable bonds is 7. The molecule has 1 fully saturated rings. The van der Waals surface area contributed by atoms with Gasteiger partial charge in [-0.3, -0.25) is 4.72 Å². The van der Waals surface area contributed by atoms with Crippen LogP contribution in [0, 0.1) is 17.2 Å². The molecule has 1 aliphatic carbocycles. The highest BCUT2D eigenvalue weighted by molar-refractivity contribution is 9.10. The molecule has 0 aromatic heterocycles. The van der Waals surface area contributed by atoms with E-state index in [1.165, 1.54) is 12.8 Å². The van der Waals surface area contributed by atoms with Crippen LogP contribution in [0.5, 0.6) is 0 Å². The van der Waals surface area contributed by atoms with Gasteiger partial charge in [-0.1, -0.05) is 15.9 Å². The summed E-state index contributed by atoms with van der Waals surface area (Å²) in [5.41, 5.74) is 0.569. The fraction of sp³-hybridized carbons (Fsp3) is 0.462. The number of hydrogen-bond acceptors (Lipinski definition) is 4. The Morgan fingerprint density at radius 1 is 1.45 bits per heavy atom. The van der Waals surface area contributed by atoms with Crippen molar-refractivity contribution in [3.63, 3.8) is 0 Å². The van der Waals surface area contributed by atoms with E-state index in [0.717, 1.165) is 0 Å². The van der Waals surface area contributed by atoms with Crippen LogP contribution in [0.1, 0.15) is 18.4 Å². The minimum atomic E-state index is -3.51. The molecule has 108 valence electrons. The summed E-state index contributed by atoms with van der Waals surface area (Å²) in [7, 11) is -3.51. The molecule has 0 spiro atoms. The van der Waals surface area contributed by atoms with E-state index in [2.05, 4.69) is 20.7 Å². The molecule has 0 saturated heterocycles. The Kier molecular flexibility index (Phi) is 5.02. The van der Waals surface area contributed by atoms with E-state index >= 15 is 0 Å². The molecule has 0 heterocycles. The van der Waals surface area contributed by atoms with Crippen LogP contribution in [-0.2, 0) is 14.8 Å². The summed E-state index contributed by atoms with van der Waals surface area (Å²) in [6.45, 7) is 0.803. The quantitative estimate of drug-likeness (QED) is 0.759. The van der Waals surface area contributed by atoms with Crippen molar-refractivity contribution < 1.29 is 13.2 Å². The van der Waals surface area contributed by atoms with E-state index in [1.807, 2.05) is 6.07 Å². The lowest BCUT2D eigenvalue weighted by Gasteiger charge is -2.10. The topological polar surface area (TPSA) is 79.2 Å². The molecular formula is C13H15BrN2O3S. The molecule has 7 heteroatoms. The number of benzene rings is 1. The van der Waals surface area contributed by atoms with Crippen LogP contribution >= 0.6 is 15.9 Å². The molecule has 1 aromatic carbocycles. The highest BCUT2D eigenvalue weighted by Crippen LogP contribution is 2.28. The molecule has 0 bridgehead atoms. The van der Waals surface area contributed by atoms with Gasteiger partial charge in [-0.2, -0.15) is 5.26 Å². The Morgan fingerprint density at radius 2 is 2.20 bits per heavy atom. The van der Waals surface area contributed by atoms with Gasteiger partial charge in [-0.05, 0) is 37.0 Å². The van der Waals surface area contributed by atoms with Crippen LogP contribution in [0.3, 0.4) is 0 Å². The molecule has 0 amide bonds. The van der Waals surface area contributed by atoms with Gasteiger partial charge in [0.2, 0.25) is 10.0 Å². The maximum absolute atomic E-state index is 11.9. The van der Waals surface area contributed by atoms with E-state index in [0.29, 0.717) is 17.0 Å². The molecule has 0 aliphatic heterocycles. The first-order chi connectivity index (χ1) is 9.50. The Labute approximate surface area is 127 Å². The summed E-state index contributed by atoms with van der Waals surface area (Å²) in [4.78, 5) is 0. The van der Waals surface area contributed by atoms with Crippen molar-refractivity contribution in [1.82, 2.24) is 0 Å². The Hall–Kier alpha value is -1.10. The third-order valence-electron chi connectivity index (χ3n) is 2.91. The molecule has 5 nitrogen and oxygen atoms in total. The lowest BCUT2D eigenvalue weighted by molar-refractivity contribution is 0.138. The lowest BCUT2D eigenvalue weighted by atomic mass is 10.2. The molecule has 1 aliphatic rings. The van der Waals surface area contributed by atoms with Crippen molar-refractivity contribution >= 4 is 31.6 Å². The average molecular weight is 359 g/mol. The summed E-state index contributed by atoms with van der Waals surface area (Å²) in [6, 6.07) is 6.78. The first kappa shape index (κ1) is 15.3. The third-order valence-corrected chi connectivity index (χ3v) is 4.64. The van der Waals surface area contributed by atoms with E-state index < -0.39 is 10.0 Å². The van der Waals surface area contributed by atoms with Crippen LogP contribution in [0.25, 0.3) is 0 Å². The molecule has 0 atom stereocenters. The van der Waals surface area contributed by atoms with E-state index in [-0.39, 0.29) is 23.6 Å². The number of nitrogens with zero attached hydrogens (tertiary/aromatic N) is 1. The zero-order valence-corrected chi connectivity index (χ0v) is 13.2. The maximum Gasteiger partial charge on any atom is 0.235 e. The summed E-state index contributed by atoms with van der Waals surface area (Å²) in [6.07, 6.45) is 2.35. The molecule has 1 aromatic rings. The van der Waals surface area contributed by atoms with Crippen molar-refractivity contribution in [2.75, 3.05) is 23.7 Å². The average Bonchev–Trinajstić information content (AvgIpc) is 3.18. The molecule has 1 N–H and O–H groups in total. The van der Waals surface area contributed by atoms with Crippen molar-refractivity contribution in [2.24, 2.45) is 5.92 Å². The Balaban J connectivity index is 1.93. The second kappa shape index (κ2) is 6.57. The lowest BCUT2D eigenvalue weighted by Crippen LogP contribution is -2.21. The van der Waals surface area contributed by atoms with Crippen molar-refractivity contribution in [3.05, 3.63) is 28.2 Å². The van der Waals surface area contributed by atoms with E-state index in [9.17, 15) is 8.42 Å². The van der Waals surface area contributed by atoms with Gasteiger partial charge in [-0.25, -0.2) is 8.42 Å². The first-order valence-electron chi connectivity index (χ1n) is 6.28. The Morgan fingerprint density at radius 3 is 2.85 bits per heavy atom. The van der Waals surface area contributed by atoms with E-state index in [4.69, 9.17) is 10.00 Å². The SMILES string of the molecule is N#Cc1ccc(Br)cc1NS(=O)(=O)CCOCC1CC1. The Bertz CT molecular complexity index is 621. The number of halogens is 1. The second-order valence-electron chi connectivity index (χ2n) is 4.74. The van der Waals surface area contributed by atoms with Crippen molar-refractivity contribution in [1.29, 1.82) is 5.26 Å². The first-order valence-corrected chi connectivity index (χ1v) is 8.72. The highest BCUT2D eigenvalue weighted by atomic mass is 79.9. The zero-order chi connectivity index (χ0) is 14.6. The molecule has 0 radical (unpaired) electrons. The molecule has 20 heavy (non-hydrogen) atoms. The predicted octanol–water partition coefficient (Wildman–Crippen LogP) is 2.49. The van der Waals surface area contributed by atoms with Gasteiger partial charge in [0, 0.05) is 11.1 Å². The predicted molar refractivity (Wildman–Crippen MR) is 79.8 cm³/mol. The molecule has 2 rings (SSSR count). The standard InChI is InChI=1S/C13H15BrN2O3S/c14-12-4-3-11(8-15)13(7-12)16-20(17,18)6-5-19-9-10-1-2-10/h3-4,7,10,16H,1-2,5-6,9H2. The summed E-state index contributed by atoms with van der Waals surface area (Å²) in [5.74, 6) is 0.498. The zero-order valence-electron chi connectivity index (χ0n) is 10.8. The highest BCUT2D eigenvalue weighted by Gasteiger charge is 2.21. The van der Waals surface area contributed by atoms with Gasteiger partial charge in [-0.15, -0.1) is 0 Å². The minimum absolute atomic E-state index is 0.114. The normalized spacial score (nSPS) is 14.8. The number of sulfonamides is 1. The van der Waals surface area contributed by atoms with Gasteiger partial charge in [0.15, 0.2) is 0 Å². The van der Waals surface area contributed by atoms with Crippen molar-refractivity contribution in [3.8, 4) is 6.07 Å². The largest absolute Gasteiger partial charge is 0.380 e. The van der Waals surface area contributed by atoms with Crippen molar-refractivity contribution in [2.45, 2.75) is 12.8 Å². The van der Waals surface area contributed by atoms with Crippen LogP contribution in [0.2, 0.25) is 0 Å². The van der Waals surface area contributed by atoms with Gasteiger partial charge in [0.1, 0.15) is 6.07 Å². The van der Waals surface area contributed by atoms with Gasteiger partial charge < -0.3 is 4.74 Å². The smallest absolute Gasteiger partial charge is 0.235 e. The summed E-state index contributed by atoms with van der Waals surface area (Å²) in [5, 5.41) is 8.96. The molecule has 0 unspecified atom stereocenters. The number of hydrogen-bond donors (Lipinski definition) is 1. The minimum Gasteiger partial charge on any atom is -0.380 e. The van der Waals surface area contributed by atoms with Crippen LogP contribution in [0.15, 0.2) is 22.7 Å². The number of nitriles is 1. The number of ether oxygens (including phenoxy) is 1. The van der Waals surface area contributed by atoms with Gasteiger partial charge >= 0.3 is 0 Å². The fourth-order valence-electron chi connectivity index (χ4n) is 1.62. The number of anilines is 1. The number of nitrogens with one attached hydrogen (secondary N) is 1. The fourth-order valence-corrected chi connectivity index (χ4v) is 2.92. The molecular weight excluding hydrogens is 344 g/mol. The van der Waals surface area contributed by atoms with Crippen LogP contribution < -0.4 is 4.72 Å². The van der Waals surface area contributed by atoms with Crippen LogP contribution in [0.4, 0.5) is 5.69 Å².